The molecule has 0 aliphatic carbocycles. The summed E-state index contributed by atoms with van der Waals surface area (Å²) in [6, 6.07) is 7.26. The number of nitrogens with zero attached hydrogens (tertiary/aromatic N) is 3. The van der Waals surface area contributed by atoms with E-state index in [4.69, 9.17) is 0 Å². The van der Waals surface area contributed by atoms with Gasteiger partial charge in [0.1, 0.15) is 18.5 Å². The molecule has 0 unspecified atom stereocenters. The maximum absolute atomic E-state index is 13.3. The lowest BCUT2D eigenvalue weighted by molar-refractivity contribution is -0.0521. The zero-order chi connectivity index (χ0) is 15.5. The Labute approximate surface area is 123 Å². The average Bonchev–Trinajstić information content (AvgIpc) is 3.09. The molecule has 0 fully saturated rings. The van der Waals surface area contributed by atoms with E-state index in [1.807, 2.05) is 0 Å². The lowest BCUT2D eigenvalue weighted by Crippen LogP contribution is -2.04. The van der Waals surface area contributed by atoms with E-state index in [1.54, 1.807) is 12.1 Å². The number of benzene rings is 1. The number of alkyl halides is 2. The van der Waals surface area contributed by atoms with Gasteiger partial charge in [-0.05, 0) is 23.8 Å². The number of halogens is 3. The number of H-pyrrole nitrogens is 1. The number of hydrogen-bond acceptors (Lipinski definition) is 3. The molecule has 2 heterocycles. The van der Waals surface area contributed by atoms with E-state index in [2.05, 4.69) is 19.8 Å². The van der Waals surface area contributed by atoms with Gasteiger partial charge in [0.2, 0.25) is 5.88 Å². The third-order valence-corrected chi connectivity index (χ3v) is 2.98. The van der Waals surface area contributed by atoms with E-state index in [1.165, 1.54) is 35.5 Å². The van der Waals surface area contributed by atoms with Crippen LogP contribution in [0.15, 0.2) is 43.0 Å². The monoisotopic (exact) mass is 308 g/mol. The second-order valence-electron chi connectivity index (χ2n) is 4.52. The van der Waals surface area contributed by atoms with Gasteiger partial charge >= 0.3 is 6.61 Å². The van der Waals surface area contributed by atoms with E-state index in [0.717, 1.165) is 0 Å². The number of hydrogen-bond donors (Lipinski definition) is 1. The predicted molar refractivity (Wildman–Crippen MR) is 71.9 cm³/mol. The van der Waals surface area contributed by atoms with Gasteiger partial charge < -0.3 is 9.72 Å². The van der Waals surface area contributed by atoms with E-state index >= 15 is 0 Å². The summed E-state index contributed by atoms with van der Waals surface area (Å²) in [5.74, 6) is -0.574. The van der Waals surface area contributed by atoms with Crippen molar-refractivity contribution in [3.63, 3.8) is 0 Å². The van der Waals surface area contributed by atoms with Crippen LogP contribution >= 0.6 is 0 Å². The summed E-state index contributed by atoms with van der Waals surface area (Å²) in [6.07, 6.45) is 2.86. The molecule has 0 aliphatic heterocycles. The van der Waals surface area contributed by atoms with Crippen LogP contribution in [-0.4, -0.2) is 26.4 Å². The molecule has 0 saturated carbocycles. The number of nitrogens with one attached hydrogen (secondary N) is 1. The van der Waals surface area contributed by atoms with Crippen LogP contribution in [-0.2, 0) is 6.54 Å². The minimum absolute atomic E-state index is 0.115. The fourth-order valence-corrected chi connectivity index (χ4v) is 2.12. The molecule has 114 valence electrons. The van der Waals surface area contributed by atoms with Gasteiger partial charge in [-0.3, -0.25) is 0 Å². The first-order valence-electron chi connectivity index (χ1n) is 6.37. The molecule has 2 aromatic heterocycles. The van der Waals surface area contributed by atoms with Crippen molar-refractivity contribution in [3.05, 3.63) is 54.5 Å². The number of ether oxygens (including phenoxy) is 1. The number of rotatable bonds is 5. The Hall–Kier alpha value is -2.77. The van der Waals surface area contributed by atoms with Gasteiger partial charge in [0.25, 0.3) is 0 Å². The molecule has 1 aromatic carbocycles. The van der Waals surface area contributed by atoms with Crippen LogP contribution in [0.25, 0.3) is 11.1 Å². The highest BCUT2D eigenvalue weighted by molar-refractivity contribution is 5.70. The van der Waals surface area contributed by atoms with Crippen LogP contribution < -0.4 is 4.74 Å². The first-order valence-corrected chi connectivity index (χ1v) is 6.37. The van der Waals surface area contributed by atoms with E-state index in [-0.39, 0.29) is 5.88 Å². The van der Waals surface area contributed by atoms with Crippen LogP contribution in [0.2, 0.25) is 0 Å². The van der Waals surface area contributed by atoms with Crippen molar-refractivity contribution in [1.82, 2.24) is 19.7 Å². The summed E-state index contributed by atoms with van der Waals surface area (Å²) >= 11 is 0. The fraction of sp³-hybridized carbons (Fsp3) is 0.143. The molecule has 3 aromatic rings. The Bertz CT molecular complexity index is 755. The van der Waals surface area contributed by atoms with Crippen LogP contribution in [0, 0.1) is 5.82 Å². The van der Waals surface area contributed by atoms with Gasteiger partial charge in [-0.15, -0.1) is 0 Å². The lowest BCUT2D eigenvalue weighted by Gasteiger charge is -2.05. The van der Waals surface area contributed by atoms with Gasteiger partial charge in [-0.25, -0.2) is 14.1 Å². The highest BCUT2D eigenvalue weighted by atomic mass is 19.3. The molecule has 0 atom stereocenters. The third kappa shape index (κ3) is 3.11. The lowest BCUT2D eigenvalue weighted by atomic mass is 10.1. The van der Waals surface area contributed by atoms with Gasteiger partial charge in [0.05, 0.1) is 6.54 Å². The van der Waals surface area contributed by atoms with Crippen molar-refractivity contribution in [2.75, 3.05) is 0 Å². The number of aromatic nitrogens is 4. The molecule has 1 N–H and O–H groups in total. The van der Waals surface area contributed by atoms with Crippen molar-refractivity contribution in [2.24, 2.45) is 0 Å². The molecule has 0 amide bonds. The molecular formula is C14H11F3N4O. The molecular weight excluding hydrogens is 297 g/mol. The highest BCUT2D eigenvalue weighted by Crippen LogP contribution is 2.32. The summed E-state index contributed by atoms with van der Waals surface area (Å²) in [7, 11) is 0. The van der Waals surface area contributed by atoms with Crippen molar-refractivity contribution < 1.29 is 17.9 Å². The average molecular weight is 308 g/mol. The minimum Gasteiger partial charge on any atom is -0.418 e. The SMILES string of the molecule is Fc1cccc(-c2cc(Cn3cncn3)[nH]c2OC(F)F)c1. The quantitative estimate of drug-likeness (QED) is 0.788. The molecule has 0 radical (unpaired) electrons. The topological polar surface area (TPSA) is 55.7 Å². The van der Waals surface area contributed by atoms with Crippen molar-refractivity contribution in [2.45, 2.75) is 13.2 Å². The highest BCUT2D eigenvalue weighted by Gasteiger charge is 2.16. The maximum Gasteiger partial charge on any atom is 0.388 e. The molecule has 8 heteroatoms. The van der Waals surface area contributed by atoms with Crippen LogP contribution in [0.4, 0.5) is 13.2 Å². The molecule has 0 bridgehead atoms. The summed E-state index contributed by atoms with van der Waals surface area (Å²) in [4.78, 5) is 6.56. The summed E-state index contributed by atoms with van der Waals surface area (Å²) in [6.45, 7) is -2.68. The number of aromatic amines is 1. The first kappa shape index (κ1) is 14.2. The van der Waals surface area contributed by atoms with Crippen molar-refractivity contribution >= 4 is 0 Å². The molecule has 0 saturated heterocycles. The van der Waals surface area contributed by atoms with Crippen molar-refractivity contribution in [3.8, 4) is 17.0 Å². The Kier molecular flexibility index (Phi) is 3.82. The first-order chi connectivity index (χ1) is 10.6. The third-order valence-electron chi connectivity index (χ3n) is 2.98. The second kappa shape index (κ2) is 5.92. The second-order valence-corrected chi connectivity index (χ2v) is 4.52. The van der Waals surface area contributed by atoms with Gasteiger partial charge in [-0.1, -0.05) is 12.1 Å². The van der Waals surface area contributed by atoms with Gasteiger partial charge in [0, 0.05) is 11.3 Å². The minimum atomic E-state index is -2.98. The summed E-state index contributed by atoms with van der Waals surface area (Å²) in [5, 5.41) is 3.93. The van der Waals surface area contributed by atoms with Gasteiger partial charge in [-0.2, -0.15) is 13.9 Å². The molecule has 3 rings (SSSR count). The fourth-order valence-electron chi connectivity index (χ4n) is 2.12. The van der Waals surface area contributed by atoms with E-state index in [9.17, 15) is 13.2 Å². The maximum atomic E-state index is 13.3. The Balaban J connectivity index is 1.97. The zero-order valence-corrected chi connectivity index (χ0v) is 11.2. The standard InChI is InChI=1S/C14H11F3N4O/c15-10-3-1-2-9(4-10)12-5-11(6-21-8-18-7-19-21)20-13(12)22-14(16)17/h1-5,7-8,14,20H,6H2. The Morgan fingerprint density at radius 1 is 1.27 bits per heavy atom. The van der Waals surface area contributed by atoms with Crippen LogP contribution in [0.3, 0.4) is 0 Å². The smallest absolute Gasteiger partial charge is 0.388 e. The Morgan fingerprint density at radius 2 is 2.14 bits per heavy atom. The largest absolute Gasteiger partial charge is 0.418 e. The Morgan fingerprint density at radius 3 is 2.82 bits per heavy atom. The van der Waals surface area contributed by atoms with E-state index in [0.29, 0.717) is 23.4 Å². The summed E-state index contributed by atoms with van der Waals surface area (Å²) in [5.41, 5.74) is 1.38. The zero-order valence-electron chi connectivity index (χ0n) is 11.2. The normalized spacial score (nSPS) is 11.1. The van der Waals surface area contributed by atoms with Crippen LogP contribution in [0.5, 0.6) is 5.88 Å². The molecule has 22 heavy (non-hydrogen) atoms. The molecule has 0 aliphatic rings. The molecule has 0 spiro atoms. The van der Waals surface area contributed by atoms with E-state index < -0.39 is 12.4 Å². The molecule has 5 nitrogen and oxygen atoms in total. The van der Waals surface area contributed by atoms with Crippen LogP contribution in [0.1, 0.15) is 5.69 Å². The van der Waals surface area contributed by atoms with Gasteiger partial charge in [0.15, 0.2) is 0 Å². The predicted octanol–water partition coefficient (Wildman–Crippen LogP) is 3.06. The summed E-state index contributed by atoms with van der Waals surface area (Å²) < 4.78 is 44.4. The van der Waals surface area contributed by atoms with Crippen molar-refractivity contribution in [1.29, 1.82) is 0 Å².